The molecule has 2 aliphatic rings. The Hall–Kier alpha value is -3.57. The first kappa shape index (κ1) is 26.7. The SMILES string of the molecule is CCNC(Oc1c(C)ncc(COC(=O)NC)c1COC(=O)NC)C(C)O.c1cc2cc(c1)O2. The highest BCUT2D eigenvalue weighted by Gasteiger charge is 2.22. The minimum atomic E-state index is -0.803. The fourth-order valence-electron chi connectivity index (χ4n) is 2.86. The highest BCUT2D eigenvalue weighted by molar-refractivity contribution is 5.67. The number of aliphatic hydroxyl groups is 1. The number of amides is 2. The second kappa shape index (κ2) is 13.2. The summed E-state index contributed by atoms with van der Waals surface area (Å²) < 4.78 is 21.2. The van der Waals surface area contributed by atoms with Crippen LogP contribution in [0.1, 0.15) is 30.7 Å². The quantitative estimate of drug-likeness (QED) is 0.343. The summed E-state index contributed by atoms with van der Waals surface area (Å²) in [5.74, 6) is 2.32. The van der Waals surface area contributed by atoms with Crippen LogP contribution in [0.2, 0.25) is 0 Å². The third-order valence-electron chi connectivity index (χ3n) is 4.65. The number of carbonyl (C=O) groups is 2. The lowest BCUT2D eigenvalue weighted by Crippen LogP contribution is -2.43. The summed E-state index contributed by atoms with van der Waals surface area (Å²) in [7, 11) is 2.89. The molecule has 2 aliphatic heterocycles. The average molecular weight is 477 g/mol. The number of aliphatic hydroxyl groups excluding tert-OH is 1. The largest absolute Gasteiger partial charge is 0.470 e. The Labute approximate surface area is 198 Å². The molecule has 0 saturated carbocycles. The van der Waals surface area contributed by atoms with Crippen molar-refractivity contribution in [2.45, 2.75) is 46.3 Å². The zero-order chi connectivity index (χ0) is 25.1. The van der Waals surface area contributed by atoms with Crippen molar-refractivity contribution in [1.82, 2.24) is 20.9 Å². The monoisotopic (exact) mass is 476 g/mol. The number of ether oxygens (including phenoxy) is 4. The molecular weight excluding hydrogens is 444 g/mol. The van der Waals surface area contributed by atoms with E-state index in [1.165, 1.54) is 20.3 Å². The van der Waals surface area contributed by atoms with Crippen LogP contribution in [0.25, 0.3) is 0 Å². The highest BCUT2D eigenvalue weighted by atomic mass is 16.6. The van der Waals surface area contributed by atoms with Crippen molar-refractivity contribution in [1.29, 1.82) is 0 Å². The third-order valence-corrected chi connectivity index (χ3v) is 4.65. The van der Waals surface area contributed by atoms with Crippen LogP contribution in [0, 0.1) is 6.92 Å². The van der Waals surface area contributed by atoms with Gasteiger partial charge >= 0.3 is 12.2 Å². The van der Waals surface area contributed by atoms with Gasteiger partial charge in [-0.3, -0.25) is 10.3 Å². The van der Waals surface area contributed by atoms with Gasteiger partial charge in [0.25, 0.3) is 0 Å². The molecule has 0 radical (unpaired) electrons. The number of nitrogens with zero attached hydrogens (tertiary/aromatic N) is 1. The predicted octanol–water partition coefficient (Wildman–Crippen LogP) is 2.59. The van der Waals surface area contributed by atoms with E-state index in [0.717, 1.165) is 11.5 Å². The van der Waals surface area contributed by atoms with Gasteiger partial charge in [0, 0.05) is 37.5 Å². The van der Waals surface area contributed by atoms with E-state index in [4.69, 9.17) is 18.9 Å². The number of nitrogens with one attached hydrogen (secondary N) is 3. The Morgan fingerprint density at radius 3 is 2.15 bits per heavy atom. The second-order valence-corrected chi connectivity index (χ2v) is 7.24. The molecule has 11 heteroatoms. The van der Waals surface area contributed by atoms with E-state index in [1.54, 1.807) is 13.8 Å². The van der Waals surface area contributed by atoms with Crippen LogP contribution >= 0.6 is 0 Å². The average Bonchev–Trinajstić information content (AvgIpc) is 2.82. The van der Waals surface area contributed by atoms with Crippen LogP contribution < -0.4 is 25.4 Å². The number of pyridine rings is 1. The minimum absolute atomic E-state index is 0.0870. The molecule has 0 saturated heterocycles. The van der Waals surface area contributed by atoms with Crippen LogP contribution in [-0.2, 0) is 22.7 Å². The number of hydrogen-bond donors (Lipinski definition) is 4. The normalized spacial score (nSPS) is 12.5. The topological polar surface area (TPSA) is 140 Å². The molecule has 2 amide bonds. The fraction of sp³-hybridized carbons (Fsp3) is 0.435. The van der Waals surface area contributed by atoms with Gasteiger partial charge in [-0.1, -0.05) is 13.0 Å². The smallest absolute Gasteiger partial charge is 0.407 e. The van der Waals surface area contributed by atoms with Crippen LogP contribution in [0.4, 0.5) is 9.59 Å². The number of benzene rings is 1. The van der Waals surface area contributed by atoms with E-state index in [9.17, 15) is 14.7 Å². The Balaban J connectivity index is 0.000000485. The van der Waals surface area contributed by atoms with Crippen molar-refractivity contribution in [3.05, 3.63) is 47.3 Å². The number of carbonyl (C=O) groups excluding carboxylic acids is 2. The zero-order valence-electron chi connectivity index (χ0n) is 20.0. The molecule has 4 N–H and O–H groups in total. The molecule has 11 nitrogen and oxygen atoms in total. The molecule has 0 fully saturated rings. The van der Waals surface area contributed by atoms with Crippen LogP contribution in [0.15, 0.2) is 30.5 Å². The zero-order valence-corrected chi connectivity index (χ0v) is 20.0. The molecule has 1 aromatic carbocycles. The maximum absolute atomic E-state index is 11.5. The van der Waals surface area contributed by atoms with E-state index in [0.29, 0.717) is 29.1 Å². The number of rotatable bonds is 9. The first-order valence-electron chi connectivity index (χ1n) is 10.8. The first-order valence-corrected chi connectivity index (χ1v) is 10.8. The number of alkyl carbamates (subject to hydrolysis) is 2. The van der Waals surface area contributed by atoms with Crippen molar-refractivity contribution in [3.8, 4) is 17.2 Å². The predicted molar refractivity (Wildman–Crippen MR) is 124 cm³/mol. The van der Waals surface area contributed by atoms with Gasteiger partial charge in [0.1, 0.15) is 36.6 Å². The Bertz CT molecular complexity index is 944. The van der Waals surface area contributed by atoms with E-state index in [-0.39, 0.29) is 13.2 Å². The van der Waals surface area contributed by atoms with Crippen LogP contribution in [-0.4, -0.2) is 55.2 Å². The van der Waals surface area contributed by atoms with Gasteiger partial charge in [-0.15, -0.1) is 0 Å². The summed E-state index contributed by atoms with van der Waals surface area (Å²) in [6.45, 7) is 5.57. The Morgan fingerprint density at radius 1 is 1.12 bits per heavy atom. The molecule has 0 aliphatic carbocycles. The fourth-order valence-corrected chi connectivity index (χ4v) is 2.86. The van der Waals surface area contributed by atoms with Gasteiger partial charge in [0.2, 0.25) is 0 Å². The molecule has 0 spiro atoms. The number of aryl methyl sites for hydroxylation is 1. The van der Waals surface area contributed by atoms with E-state index in [1.807, 2.05) is 31.2 Å². The number of likely N-dealkylation sites (N-methyl/N-ethyl adjacent to an activating group) is 1. The van der Waals surface area contributed by atoms with Crippen LogP contribution in [0.5, 0.6) is 17.2 Å². The van der Waals surface area contributed by atoms with Crippen molar-refractivity contribution in [2.24, 2.45) is 0 Å². The lowest BCUT2D eigenvalue weighted by atomic mass is 10.1. The van der Waals surface area contributed by atoms with Gasteiger partial charge < -0.3 is 34.7 Å². The van der Waals surface area contributed by atoms with Gasteiger partial charge in [-0.2, -0.15) is 0 Å². The van der Waals surface area contributed by atoms with Gasteiger partial charge in [-0.05, 0) is 32.5 Å². The van der Waals surface area contributed by atoms with Gasteiger partial charge in [0.05, 0.1) is 5.69 Å². The van der Waals surface area contributed by atoms with Gasteiger partial charge in [0.15, 0.2) is 6.23 Å². The van der Waals surface area contributed by atoms with Gasteiger partial charge in [-0.25, -0.2) is 9.59 Å². The lowest BCUT2D eigenvalue weighted by Gasteiger charge is -2.25. The highest BCUT2D eigenvalue weighted by Crippen LogP contribution is 2.33. The van der Waals surface area contributed by atoms with Crippen molar-refractivity contribution in [2.75, 3.05) is 20.6 Å². The Morgan fingerprint density at radius 2 is 1.71 bits per heavy atom. The molecule has 3 heterocycles. The van der Waals surface area contributed by atoms with Crippen molar-refractivity contribution in [3.63, 3.8) is 0 Å². The van der Waals surface area contributed by atoms with E-state index < -0.39 is 24.5 Å². The minimum Gasteiger partial charge on any atom is -0.470 e. The summed E-state index contributed by atoms with van der Waals surface area (Å²) >= 11 is 0. The molecule has 2 unspecified atom stereocenters. The number of aromatic nitrogens is 1. The first-order chi connectivity index (χ1) is 16.3. The number of hydrogen-bond acceptors (Lipinski definition) is 9. The maximum Gasteiger partial charge on any atom is 0.407 e. The van der Waals surface area contributed by atoms with Crippen molar-refractivity contribution >= 4 is 12.2 Å². The number of fused-ring (bicyclic) bond motifs is 2. The van der Waals surface area contributed by atoms with Crippen LogP contribution in [0.3, 0.4) is 0 Å². The third kappa shape index (κ3) is 7.78. The second-order valence-electron chi connectivity index (χ2n) is 7.24. The lowest BCUT2D eigenvalue weighted by molar-refractivity contribution is 0.0257. The summed E-state index contributed by atoms with van der Waals surface area (Å²) in [5, 5.41) is 17.7. The molecule has 2 aromatic rings. The summed E-state index contributed by atoms with van der Waals surface area (Å²) in [6, 6.07) is 7.86. The standard InChI is InChI=1S/C17H28N4O6.C6H4O/c1-6-20-15(11(3)22)27-14-10(2)21-7-12(8-25-16(23)18-4)13(14)9-26-17(24)19-5;1-2-5-4-6(3-1)7-5/h7,11,15,20,22H,6,8-9H2,1-5H3,(H,18,23)(H,19,24);1-4H. The molecule has 4 rings (SSSR count). The molecule has 34 heavy (non-hydrogen) atoms. The molecular formula is C23H32N4O7. The molecule has 2 bridgehead atoms. The maximum atomic E-state index is 11.5. The van der Waals surface area contributed by atoms with E-state index >= 15 is 0 Å². The summed E-state index contributed by atoms with van der Waals surface area (Å²) in [6.07, 6.45) is -1.19. The molecule has 186 valence electrons. The molecule has 1 aromatic heterocycles. The van der Waals surface area contributed by atoms with E-state index in [2.05, 4.69) is 20.9 Å². The molecule has 2 atom stereocenters. The summed E-state index contributed by atoms with van der Waals surface area (Å²) in [4.78, 5) is 27.2. The summed E-state index contributed by atoms with van der Waals surface area (Å²) in [5.41, 5.74) is 1.56. The van der Waals surface area contributed by atoms with Crippen molar-refractivity contribution < 1.29 is 33.6 Å². The Kier molecular flexibility index (Phi) is 10.4.